The van der Waals surface area contributed by atoms with Gasteiger partial charge in [0.05, 0.1) is 11.4 Å². The van der Waals surface area contributed by atoms with Gasteiger partial charge in [-0.2, -0.15) is 0 Å². The van der Waals surface area contributed by atoms with E-state index in [1.165, 1.54) is 5.56 Å². The van der Waals surface area contributed by atoms with Gasteiger partial charge in [0.2, 0.25) is 5.91 Å². The van der Waals surface area contributed by atoms with Crippen molar-refractivity contribution in [3.8, 4) is 5.69 Å². The van der Waals surface area contributed by atoms with Crippen LogP contribution < -0.4 is 15.8 Å². The summed E-state index contributed by atoms with van der Waals surface area (Å²) >= 11 is 0. The number of anilines is 2. The minimum atomic E-state index is -0.510. The number of carbonyl (C=O) groups excluding carboxylic acids is 1. The van der Waals surface area contributed by atoms with Crippen LogP contribution in [0.2, 0.25) is 0 Å². The molecule has 1 N–H and O–H groups in total. The second-order valence-electron chi connectivity index (χ2n) is 7.17. The van der Waals surface area contributed by atoms with Gasteiger partial charge < -0.3 is 10.2 Å². The molecule has 3 aromatic rings. The molecule has 0 saturated heterocycles. The molecule has 6 heteroatoms. The maximum atomic E-state index is 13.0. The average Bonchev–Trinajstić information content (AvgIpc) is 3.23. The average molecular weight is 376 g/mol. The monoisotopic (exact) mass is 376 g/mol. The summed E-state index contributed by atoms with van der Waals surface area (Å²) in [6.07, 6.45) is 0.861. The molecule has 1 aliphatic rings. The highest BCUT2D eigenvalue weighted by Crippen LogP contribution is 2.28. The highest BCUT2D eigenvalue weighted by atomic mass is 16.2. The minimum absolute atomic E-state index is 0.0288. The predicted molar refractivity (Wildman–Crippen MR) is 111 cm³/mol. The molecular formula is C22H24N4O2. The van der Waals surface area contributed by atoms with Crippen LogP contribution in [-0.4, -0.2) is 27.9 Å². The van der Waals surface area contributed by atoms with Crippen molar-refractivity contribution in [1.82, 2.24) is 9.36 Å². The lowest BCUT2D eigenvalue weighted by molar-refractivity contribution is -0.118. The lowest BCUT2D eigenvalue weighted by Gasteiger charge is -2.22. The van der Waals surface area contributed by atoms with E-state index in [9.17, 15) is 9.59 Å². The fourth-order valence-electron chi connectivity index (χ4n) is 3.81. The van der Waals surface area contributed by atoms with Gasteiger partial charge in [0.1, 0.15) is 11.7 Å². The van der Waals surface area contributed by atoms with Crippen LogP contribution in [-0.2, 0) is 18.3 Å². The second kappa shape index (κ2) is 7.03. The van der Waals surface area contributed by atoms with Crippen molar-refractivity contribution in [3.63, 3.8) is 0 Å². The first-order valence-corrected chi connectivity index (χ1v) is 9.49. The van der Waals surface area contributed by atoms with E-state index < -0.39 is 6.04 Å². The number of carbonyl (C=O) groups is 1. The molecule has 0 saturated carbocycles. The Labute approximate surface area is 164 Å². The zero-order valence-electron chi connectivity index (χ0n) is 16.3. The molecule has 4 rings (SSSR count). The summed E-state index contributed by atoms with van der Waals surface area (Å²) in [6.45, 7) is 4.36. The summed E-state index contributed by atoms with van der Waals surface area (Å²) in [7, 11) is 1.85. The Morgan fingerprint density at radius 2 is 1.75 bits per heavy atom. The van der Waals surface area contributed by atoms with Crippen molar-refractivity contribution in [3.05, 3.63) is 76.2 Å². The summed E-state index contributed by atoms with van der Waals surface area (Å²) in [4.78, 5) is 27.9. The van der Waals surface area contributed by atoms with Crippen molar-refractivity contribution in [2.45, 2.75) is 26.3 Å². The smallest absolute Gasteiger partial charge is 0.295 e. The Morgan fingerprint density at radius 3 is 2.50 bits per heavy atom. The third-order valence-corrected chi connectivity index (χ3v) is 5.44. The molecule has 2 heterocycles. The van der Waals surface area contributed by atoms with E-state index in [4.69, 9.17) is 0 Å². The zero-order chi connectivity index (χ0) is 19.8. The van der Waals surface area contributed by atoms with E-state index in [1.54, 1.807) is 9.58 Å². The van der Waals surface area contributed by atoms with Crippen molar-refractivity contribution < 1.29 is 4.79 Å². The maximum Gasteiger partial charge on any atom is 0.295 e. The largest absolute Gasteiger partial charge is 0.368 e. The van der Waals surface area contributed by atoms with Gasteiger partial charge in [-0.3, -0.25) is 14.3 Å². The van der Waals surface area contributed by atoms with E-state index in [-0.39, 0.29) is 11.5 Å². The van der Waals surface area contributed by atoms with Crippen LogP contribution in [0.25, 0.3) is 5.69 Å². The molecular weight excluding hydrogens is 352 g/mol. The fraction of sp³-hybridized carbons (Fsp3) is 0.273. The van der Waals surface area contributed by atoms with Crippen molar-refractivity contribution in [2.24, 2.45) is 7.05 Å². The fourth-order valence-corrected chi connectivity index (χ4v) is 3.81. The number of hydrogen-bond donors (Lipinski definition) is 1. The molecule has 6 nitrogen and oxygen atoms in total. The summed E-state index contributed by atoms with van der Waals surface area (Å²) < 4.78 is 3.42. The minimum Gasteiger partial charge on any atom is -0.368 e. The van der Waals surface area contributed by atoms with Crippen LogP contribution >= 0.6 is 0 Å². The molecule has 1 amide bonds. The van der Waals surface area contributed by atoms with Crippen LogP contribution in [0.15, 0.2) is 59.4 Å². The number of benzene rings is 2. The van der Waals surface area contributed by atoms with Gasteiger partial charge in [0, 0.05) is 19.3 Å². The molecule has 0 radical (unpaired) electrons. The number of aromatic nitrogens is 2. The molecule has 0 bridgehead atoms. The highest BCUT2D eigenvalue weighted by molar-refractivity contribution is 6.00. The number of amides is 1. The van der Waals surface area contributed by atoms with E-state index in [1.807, 2.05) is 74.1 Å². The quantitative estimate of drug-likeness (QED) is 0.762. The summed E-state index contributed by atoms with van der Waals surface area (Å²) in [5.41, 5.74) is 4.03. The molecule has 1 aromatic heterocycles. The maximum absolute atomic E-state index is 13.0. The van der Waals surface area contributed by atoms with Crippen LogP contribution in [0.1, 0.15) is 18.2 Å². The topological polar surface area (TPSA) is 59.3 Å². The molecule has 28 heavy (non-hydrogen) atoms. The molecule has 2 aromatic carbocycles. The predicted octanol–water partition coefficient (Wildman–Crippen LogP) is 2.87. The molecule has 144 valence electrons. The molecule has 0 aliphatic carbocycles. The summed E-state index contributed by atoms with van der Waals surface area (Å²) in [5, 5.41) is 3.17. The van der Waals surface area contributed by atoms with Crippen LogP contribution in [0, 0.1) is 6.92 Å². The number of rotatable bonds is 4. The van der Waals surface area contributed by atoms with Gasteiger partial charge in [-0.15, -0.1) is 0 Å². The van der Waals surface area contributed by atoms with Gasteiger partial charge >= 0.3 is 0 Å². The van der Waals surface area contributed by atoms with Gasteiger partial charge in [0.25, 0.3) is 5.56 Å². The first kappa shape index (κ1) is 18.1. The van der Waals surface area contributed by atoms with E-state index >= 15 is 0 Å². The third kappa shape index (κ3) is 2.91. The Kier molecular flexibility index (Phi) is 4.55. The molecule has 1 atom stereocenters. The number of para-hydroxylation sites is 2. The van der Waals surface area contributed by atoms with E-state index in [2.05, 4.69) is 11.4 Å². The highest BCUT2D eigenvalue weighted by Gasteiger charge is 2.29. The van der Waals surface area contributed by atoms with Crippen molar-refractivity contribution >= 4 is 17.3 Å². The third-order valence-electron chi connectivity index (χ3n) is 5.44. The van der Waals surface area contributed by atoms with E-state index in [0.717, 1.165) is 23.5 Å². The molecule has 0 spiro atoms. The first-order chi connectivity index (χ1) is 13.5. The SMILES string of the molecule is Cc1c(NC(C)C(=O)N2CCc3ccccc32)c(=O)n(-c2ccccc2)n1C. The van der Waals surface area contributed by atoms with Crippen molar-refractivity contribution in [2.75, 3.05) is 16.8 Å². The summed E-state index contributed by atoms with van der Waals surface area (Å²) in [5.74, 6) is -0.0288. The molecule has 1 aliphatic heterocycles. The lowest BCUT2D eigenvalue weighted by atomic mass is 10.2. The normalized spacial score (nSPS) is 14.0. The van der Waals surface area contributed by atoms with E-state index in [0.29, 0.717) is 12.2 Å². The van der Waals surface area contributed by atoms with Crippen molar-refractivity contribution in [1.29, 1.82) is 0 Å². The van der Waals surface area contributed by atoms with Gasteiger partial charge in [-0.25, -0.2) is 4.68 Å². The Morgan fingerprint density at radius 1 is 1.07 bits per heavy atom. The summed E-state index contributed by atoms with van der Waals surface area (Å²) in [6, 6.07) is 16.9. The number of nitrogens with one attached hydrogen (secondary N) is 1. The number of fused-ring (bicyclic) bond motifs is 1. The molecule has 0 fully saturated rings. The second-order valence-corrected chi connectivity index (χ2v) is 7.17. The Balaban J connectivity index is 1.62. The van der Waals surface area contributed by atoms with Gasteiger partial charge in [-0.05, 0) is 44.0 Å². The van der Waals surface area contributed by atoms with Gasteiger partial charge in [-0.1, -0.05) is 36.4 Å². The number of nitrogens with zero attached hydrogens (tertiary/aromatic N) is 3. The molecule has 1 unspecified atom stereocenters. The zero-order valence-corrected chi connectivity index (χ0v) is 16.3. The standard InChI is InChI=1S/C22H24N4O2/c1-15(21(27)25-14-13-17-9-7-8-12-19(17)25)23-20-16(2)24(3)26(22(20)28)18-10-5-4-6-11-18/h4-12,15,23H,13-14H2,1-3H3. The Hall–Kier alpha value is -3.28. The van der Waals surface area contributed by atoms with Crippen LogP contribution in [0.4, 0.5) is 11.4 Å². The van der Waals surface area contributed by atoms with Crippen LogP contribution in [0.5, 0.6) is 0 Å². The van der Waals surface area contributed by atoms with Crippen LogP contribution in [0.3, 0.4) is 0 Å². The first-order valence-electron chi connectivity index (χ1n) is 9.49. The lowest BCUT2D eigenvalue weighted by Crippen LogP contribution is -2.41. The van der Waals surface area contributed by atoms with Gasteiger partial charge in [0.15, 0.2) is 0 Å². The number of hydrogen-bond acceptors (Lipinski definition) is 3. The Bertz CT molecular complexity index is 1080.